The van der Waals surface area contributed by atoms with Crippen molar-refractivity contribution in [1.29, 1.82) is 0 Å². The zero-order chi connectivity index (χ0) is 8.55. The summed E-state index contributed by atoms with van der Waals surface area (Å²) in [7, 11) is 0. The van der Waals surface area contributed by atoms with Crippen LogP contribution in [0.1, 0.15) is 0 Å². The molecule has 1 aromatic carbocycles. The minimum Gasteiger partial charge on any atom is -0.398 e. The molecule has 0 unspecified atom stereocenters. The zero-order valence-electron chi connectivity index (χ0n) is 6.54. The van der Waals surface area contributed by atoms with Crippen molar-refractivity contribution in [2.24, 2.45) is 0 Å². The van der Waals surface area contributed by atoms with E-state index in [0.717, 1.165) is 22.1 Å². The van der Waals surface area contributed by atoms with Crippen molar-refractivity contribution >= 4 is 22.1 Å². The van der Waals surface area contributed by atoms with Crippen LogP contribution in [0, 0.1) is 0 Å². The molecule has 1 aromatic heterocycles. The van der Waals surface area contributed by atoms with Crippen molar-refractivity contribution in [3.63, 3.8) is 0 Å². The highest BCUT2D eigenvalue weighted by Crippen LogP contribution is 2.23. The standard InChI is InChI=1S/C9H9N3/c10-8-1-2-9(11)7-5-12-4-3-6(7)8/h1-5H,10-11H2/p+1. The summed E-state index contributed by atoms with van der Waals surface area (Å²) in [5.41, 5.74) is 13.0. The molecule has 2 rings (SSSR count). The third kappa shape index (κ3) is 0.871. The van der Waals surface area contributed by atoms with Gasteiger partial charge in [0, 0.05) is 22.8 Å². The largest absolute Gasteiger partial charge is 0.398 e. The van der Waals surface area contributed by atoms with Crippen molar-refractivity contribution in [1.82, 2.24) is 0 Å². The molecule has 0 amide bonds. The van der Waals surface area contributed by atoms with E-state index >= 15 is 0 Å². The van der Waals surface area contributed by atoms with Crippen LogP contribution >= 0.6 is 0 Å². The Morgan fingerprint density at radius 2 is 1.58 bits per heavy atom. The Bertz CT molecular complexity index is 383. The van der Waals surface area contributed by atoms with Crippen LogP contribution < -0.4 is 16.5 Å². The highest BCUT2D eigenvalue weighted by molar-refractivity contribution is 5.99. The first-order chi connectivity index (χ1) is 5.79. The van der Waals surface area contributed by atoms with E-state index < -0.39 is 0 Å². The number of nitrogens with two attached hydrogens (primary N) is 2. The van der Waals surface area contributed by atoms with Gasteiger partial charge < -0.3 is 11.5 Å². The molecule has 0 atom stereocenters. The van der Waals surface area contributed by atoms with E-state index in [2.05, 4.69) is 4.98 Å². The molecule has 0 aliphatic rings. The summed E-state index contributed by atoms with van der Waals surface area (Å²) in [6.07, 6.45) is 3.68. The molecule has 3 heteroatoms. The minimum absolute atomic E-state index is 0.746. The van der Waals surface area contributed by atoms with Gasteiger partial charge in [-0.05, 0) is 12.1 Å². The summed E-state index contributed by atoms with van der Waals surface area (Å²) in [5.74, 6) is 0. The highest BCUT2D eigenvalue weighted by Gasteiger charge is 2.02. The van der Waals surface area contributed by atoms with Gasteiger partial charge in [-0.3, -0.25) is 0 Å². The van der Waals surface area contributed by atoms with Crippen molar-refractivity contribution in [2.45, 2.75) is 0 Å². The quantitative estimate of drug-likeness (QED) is 0.560. The maximum absolute atomic E-state index is 5.76. The lowest BCUT2D eigenvalue weighted by molar-refractivity contribution is -0.375. The van der Waals surface area contributed by atoms with Crippen LogP contribution in [0.25, 0.3) is 10.8 Å². The fraction of sp³-hybridized carbons (Fsp3) is 0. The third-order valence-electron chi connectivity index (χ3n) is 1.93. The lowest BCUT2D eigenvalue weighted by Crippen LogP contribution is -2.01. The number of hydrogen-bond donors (Lipinski definition) is 2. The topological polar surface area (TPSA) is 66.2 Å². The van der Waals surface area contributed by atoms with Crippen molar-refractivity contribution < 1.29 is 4.98 Å². The molecule has 5 N–H and O–H groups in total. The van der Waals surface area contributed by atoms with E-state index in [4.69, 9.17) is 11.5 Å². The number of rotatable bonds is 0. The zero-order valence-corrected chi connectivity index (χ0v) is 6.54. The fourth-order valence-corrected chi connectivity index (χ4v) is 1.28. The second-order valence-corrected chi connectivity index (χ2v) is 2.72. The maximum Gasteiger partial charge on any atom is 0.177 e. The molecule has 60 valence electrons. The summed E-state index contributed by atoms with van der Waals surface area (Å²) in [5, 5.41) is 1.96. The fourth-order valence-electron chi connectivity index (χ4n) is 1.28. The number of pyridine rings is 1. The summed E-state index contributed by atoms with van der Waals surface area (Å²) in [6, 6.07) is 5.55. The first-order valence-corrected chi connectivity index (χ1v) is 3.73. The molecule has 3 nitrogen and oxygen atoms in total. The average molecular weight is 160 g/mol. The van der Waals surface area contributed by atoms with Crippen LogP contribution in [0.3, 0.4) is 0 Å². The Morgan fingerprint density at radius 3 is 2.25 bits per heavy atom. The summed E-state index contributed by atoms with van der Waals surface area (Å²) in [6.45, 7) is 0. The van der Waals surface area contributed by atoms with Gasteiger partial charge in [0.05, 0.1) is 5.39 Å². The third-order valence-corrected chi connectivity index (χ3v) is 1.93. The van der Waals surface area contributed by atoms with Gasteiger partial charge in [0.25, 0.3) is 0 Å². The Hall–Kier alpha value is -1.77. The minimum atomic E-state index is 0.746. The van der Waals surface area contributed by atoms with Gasteiger partial charge in [-0.1, -0.05) is 0 Å². The number of nitrogens with one attached hydrogen (secondary N) is 1. The molecule has 0 saturated carbocycles. The van der Waals surface area contributed by atoms with Crippen molar-refractivity contribution in [3.8, 4) is 0 Å². The second kappa shape index (κ2) is 2.37. The maximum atomic E-state index is 5.76. The first kappa shape index (κ1) is 6.91. The summed E-state index contributed by atoms with van der Waals surface area (Å²) in [4.78, 5) is 2.97. The van der Waals surface area contributed by atoms with E-state index in [-0.39, 0.29) is 0 Å². The predicted molar refractivity (Wildman–Crippen MR) is 49.3 cm³/mol. The Morgan fingerprint density at radius 1 is 0.917 bits per heavy atom. The normalized spacial score (nSPS) is 10.3. The number of hydrogen-bond acceptors (Lipinski definition) is 2. The smallest absolute Gasteiger partial charge is 0.177 e. The Labute approximate surface area is 70.0 Å². The molecule has 0 aliphatic carbocycles. The van der Waals surface area contributed by atoms with Crippen LogP contribution in [-0.2, 0) is 0 Å². The van der Waals surface area contributed by atoms with Gasteiger partial charge in [-0.2, -0.15) is 0 Å². The van der Waals surface area contributed by atoms with Crippen LogP contribution in [-0.4, -0.2) is 0 Å². The van der Waals surface area contributed by atoms with Crippen LogP contribution in [0.4, 0.5) is 11.4 Å². The van der Waals surface area contributed by atoms with Crippen molar-refractivity contribution in [2.75, 3.05) is 11.5 Å². The molecule has 0 aliphatic heterocycles. The molecule has 12 heavy (non-hydrogen) atoms. The number of H-pyrrole nitrogens is 1. The van der Waals surface area contributed by atoms with Gasteiger partial charge in [0.1, 0.15) is 0 Å². The monoisotopic (exact) mass is 160 g/mol. The van der Waals surface area contributed by atoms with E-state index in [9.17, 15) is 0 Å². The average Bonchev–Trinajstić information content (AvgIpc) is 2.12. The van der Waals surface area contributed by atoms with E-state index in [0.29, 0.717) is 0 Å². The number of nitrogen functional groups attached to an aromatic ring is 2. The number of benzene rings is 1. The molecule has 0 bridgehead atoms. The highest BCUT2D eigenvalue weighted by atomic mass is 14.7. The SMILES string of the molecule is Nc1ccc(N)c2c[nH+]ccc12. The van der Waals surface area contributed by atoms with Crippen LogP contribution in [0.5, 0.6) is 0 Å². The van der Waals surface area contributed by atoms with Crippen LogP contribution in [0.15, 0.2) is 30.6 Å². The molecule has 0 radical (unpaired) electrons. The summed E-state index contributed by atoms with van der Waals surface area (Å²) < 4.78 is 0. The number of aromatic nitrogens is 1. The molecule has 0 spiro atoms. The van der Waals surface area contributed by atoms with E-state index in [1.165, 1.54) is 0 Å². The lowest BCUT2D eigenvalue weighted by atomic mass is 10.1. The first-order valence-electron chi connectivity index (χ1n) is 3.73. The number of fused-ring (bicyclic) bond motifs is 1. The molecule has 0 saturated heterocycles. The van der Waals surface area contributed by atoms with Gasteiger partial charge in [-0.15, -0.1) is 0 Å². The van der Waals surface area contributed by atoms with Gasteiger partial charge >= 0.3 is 0 Å². The van der Waals surface area contributed by atoms with Crippen LogP contribution in [0.2, 0.25) is 0 Å². The number of anilines is 2. The Kier molecular flexibility index (Phi) is 1.37. The molecule has 2 aromatic rings. The second-order valence-electron chi connectivity index (χ2n) is 2.72. The Balaban J connectivity index is 2.95. The van der Waals surface area contributed by atoms with Gasteiger partial charge in [0.15, 0.2) is 12.4 Å². The lowest BCUT2D eigenvalue weighted by Gasteiger charge is -2.00. The molecule has 1 heterocycles. The predicted octanol–water partition coefficient (Wildman–Crippen LogP) is 0.818. The molecule has 0 fully saturated rings. The van der Waals surface area contributed by atoms with Crippen molar-refractivity contribution in [3.05, 3.63) is 30.6 Å². The summed E-state index contributed by atoms with van der Waals surface area (Å²) >= 11 is 0. The molecular formula is C9H10N3+. The van der Waals surface area contributed by atoms with E-state index in [1.54, 1.807) is 0 Å². The van der Waals surface area contributed by atoms with E-state index in [1.807, 2.05) is 30.6 Å². The van der Waals surface area contributed by atoms with Gasteiger partial charge in [0.2, 0.25) is 0 Å². The molecular weight excluding hydrogens is 150 g/mol. The van der Waals surface area contributed by atoms with Gasteiger partial charge in [-0.25, -0.2) is 4.98 Å². The number of aromatic amines is 1.